The van der Waals surface area contributed by atoms with Gasteiger partial charge in [-0.25, -0.2) is 13.6 Å². The lowest BCUT2D eigenvalue weighted by Crippen LogP contribution is -2.38. The second-order valence-electron chi connectivity index (χ2n) is 4.03. The molecule has 0 saturated carbocycles. The molecule has 0 aliphatic carbocycles. The van der Waals surface area contributed by atoms with Gasteiger partial charge in [-0.05, 0) is 12.8 Å². The van der Waals surface area contributed by atoms with E-state index in [0.29, 0.717) is 19.4 Å². The fourth-order valence-electron chi connectivity index (χ4n) is 1.21. The number of aliphatic carboxylic acids is 1. The molecular formula is C11H20F2N2O4. The van der Waals surface area contributed by atoms with Crippen LogP contribution in [0.2, 0.25) is 0 Å². The van der Waals surface area contributed by atoms with Gasteiger partial charge in [-0.2, -0.15) is 0 Å². The van der Waals surface area contributed by atoms with Crippen molar-refractivity contribution in [3.05, 3.63) is 0 Å². The van der Waals surface area contributed by atoms with Crippen LogP contribution in [0.5, 0.6) is 0 Å². The largest absolute Gasteiger partial charge is 0.481 e. The van der Waals surface area contributed by atoms with Crippen LogP contribution in [-0.4, -0.2) is 49.8 Å². The topological polar surface area (TPSA) is 87.7 Å². The third-order valence-corrected chi connectivity index (χ3v) is 2.30. The number of rotatable bonds is 10. The number of hydrogen-bond donors (Lipinski definition) is 3. The van der Waals surface area contributed by atoms with Crippen LogP contribution in [0.4, 0.5) is 13.6 Å². The highest BCUT2D eigenvalue weighted by Gasteiger charge is 2.09. The Labute approximate surface area is 110 Å². The van der Waals surface area contributed by atoms with E-state index in [0.717, 1.165) is 0 Å². The van der Waals surface area contributed by atoms with E-state index in [1.54, 1.807) is 6.92 Å². The molecule has 0 aromatic rings. The zero-order valence-corrected chi connectivity index (χ0v) is 10.8. The summed E-state index contributed by atoms with van der Waals surface area (Å²) in [5, 5.41) is 13.6. The lowest BCUT2D eigenvalue weighted by atomic mass is 10.1. The van der Waals surface area contributed by atoms with Crippen molar-refractivity contribution in [1.82, 2.24) is 10.6 Å². The third kappa shape index (κ3) is 11.4. The van der Waals surface area contributed by atoms with Crippen LogP contribution in [-0.2, 0) is 9.53 Å². The Kier molecular flexibility index (Phi) is 9.69. The molecule has 112 valence electrons. The Morgan fingerprint density at radius 3 is 2.47 bits per heavy atom. The highest BCUT2D eigenvalue weighted by atomic mass is 19.3. The minimum Gasteiger partial charge on any atom is -0.481 e. The predicted octanol–water partition coefficient (Wildman–Crippen LogP) is 1.07. The van der Waals surface area contributed by atoms with Gasteiger partial charge in [0, 0.05) is 13.1 Å². The van der Waals surface area contributed by atoms with Gasteiger partial charge in [0.1, 0.15) is 6.61 Å². The van der Waals surface area contributed by atoms with E-state index in [4.69, 9.17) is 5.11 Å². The summed E-state index contributed by atoms with van der Waals surface area (Å²) in [6.45, 7) is 1.48. The summed E-state index contributed by atoms with van der Waals surface area (Å²) >= 11 is 0. The first-order chi connectivity index (χ1) is 8.93. The zero-order chi connectivity index (χ0) is 14.7. The molecule has 2 amide bonds. The molecule has 1 unspecified atom stereocenters. The van der Waals surface area contributed by atoms with Crippen molar-refractivity contribution in [2.24, 2.45) is 5.92 Å². The van der Waals surface area contributed by atoms with Crippen molar-refractivity contribution in [2.45, 2.75) is 26.2 Å². The standard InChI is InChI=1S/C11H20F2N2O4/c1-8(10(16)17)3-2-4-14-11(18)15-5-6-19-7-9(12)13/h8-9H,2-7H2,1H3,(H,16,17)(H2,14,15,18). The fourth-order valence-corrected chi connectivity index (χ4v) is 1.21. The van der Waals surface area contributed by atoms with Crippen molar-refractivity contribution < 1.29 is 28.2 Å². The Hall–Kier alpha value is -1.44. The zero-order valence-electron chi connectivity index (χ0n) is 10.8. The van der Waals surface area contributed by atoms with Gasteiger partial charge in [-0.3, -0.25) is 4.79 Å². The molecule has 0 aromatic heterocycles. The minimum atomic E-state index is -2.51. The summed E-state index contributed by atoms with van der Waals surface area (Å²) in [7, 11) is 0. The Morgan fingerprint density at radius 2 is 1.89 bits per heavy atom. The quantitative estimate of drug-likeness (QED) is 0.523. The molecule has 0 aliphatic heterocycles. The van der Waals surface area contributed by atoms with E-state index >= 15 is 0 Å². The lowest BCUT2D eigenvalue weighted by Gasteiger charge is -2.09. The van der Waals surface area contributed by atoms with Crippen LogP contribution in [0, 0.1) is 5.92 Å². The third-order valence-electron chi connectivity index (χ3n) is 2.30. The molecule has 0 aliphatic rings. The van der Waals surface area contributed by atoms with Crippen LogP contribution in [0.3, 0.4) is 0 Å². The van der Waals surface area contributed by atoms with Crippen molar-refractivity contribution in [2.75, 3.05) is 26.3 Å². The summed E-state index contributed by atoms with van der Waals surface area (Å²) in [4.78, 5) is 21.7. The number of ether oxygens (including phenoxy) is 1. The second-order valence-corrected chi connectivity index (χ2v) is 4.03. The van der Waals surface area contributed by atoms with E-state index in [1.807, 2.05) is 0 Å². The molecule has 0 heterocycles. The maximum absolute atomic E-state index is 11.7. The number of carbonyl (C=O) groups excluding carboxylic acids is 1. The van der Waals surface area contributed by atoms with Gasteiger partial charge in [0.05, 0.1) is 12.5 Å². The molecule has 0 spiro atoms. The molecular weight excluding hydrogens is 262 g/mol. The van der Waals surface area contributed by atoms with Crippen molar-refractivity contribution in [3.63, 3.8) is 0 Å². The van der Waals surface area contributed by atoms with Crippen LogP contribution < -0.4 is 10.6 Å². The van der Waals surface area contributed by atoms with Crippen molar-refractivity contribution in [3.8, 4) is 0 Å². The molecule has 0 aromatic carbocycles. The maximum atomic E-state index is 11.7. The highest BCUT2D eigenvalue weighted by Crippen LogP contribution is 2.03. The number of halogens is 2. The average molecular weight is 282 g/mol. The predicted molar refractivity (Wildman–Crippen MR) is 64.3 cm³/mol. The first-order valence-electron chi connectivity index (χ1n) is 6.04. The van der Waals surface area contributed by atoms with Gasteiger partial charge < -0.3 is 20.5 Å². The van der Waals surface area contributed by atoms with Crippen molar-refractivity contribution >= 4 is 12.0 Å². The Bertz CT molecular complexity index is 277. The molecule has 0 radical (unpaired) electrons. The van der Waals surface area contributed by atoms with Crippen LogP contribution in [0.1, 0.15) is 19.8 Å². The van der Waals surface area contributed by atoms with E-state index < -0.39 is 31.0 Å². The number of hydrogen-bond acceptors (Lipinski definition) is 3. The van der Waals surface area contributed by atoms with Crippen LogP contribution in [0.25, 0.3) is 0 Å². The molecule has 0 bridgehead atoms. The van der Waals surface area contributed by atoms with E-state index in [1.165, 1.54) is 0 Å². The number of alkyl halides is 2. The number of nitrogens with one attached hydrogen (secondary N) is 2. The molecule has 0 rings (SSSR count). The van der Waals surface area contributed by atoms with E-state index in [9.17, 15) is 18.4 Å². The summed E-state index contributed by atoms with van der Waals surface area (Å²) < 4.78 is 27.9. The Morgan fingerprint density at radius 1 is 1.26 bits per heavy atom. The minimum absolute atomic E-state index is 0.0216. The van der Waals surface area contributed by atoms with Gasteiger partial charge in [0.2, 0.25) is 0 Å². The molecule has 3 N–H and O–H groups in total. The molecule has 0 fully saturated rings. The van der Waals surface area contributed by atoms with E-state index in [-0.39, 0.29) is 13.2 Å². The fraction of sp³-hybridized carbons (Fsp3) is 0.818. The van der Waals surface area contributed by atoms with Gasteiger partial charge >= 0.3 is 12.0 Å². The first kappa shape index (κ1) is 17.6. The van der Waals surface area contributed by atoms with Crippen LogP contribution in [0.15, 0.2) is 0 Å². The Balaban J connectivity index is 3.37. The normalized spacial score (nSPS) is 12.2. The van der Waals surface area contributed by atoms with E-state index in [2.05, 4.69) is 15.4 Å². The summed E-state index contributed by atoms with van der Waals surface area (Å²) in [5.74, 6) is -1.30. The second kappa shape index (κ2) is 10.5. The molecule has 8 heteroatoms. The first-order valence-corrected chi connectivity index (χ1v) is 6.04. The smallest absolute Gasteiger partial charge is 0.314 e. The summed E-state index contributed by atoms with van der Waals surface area (Å²) in [6, 6.07) is -0.427. The molecule has 1 atom stereocenters. The van der Waals surface area contributed by atoms with Gasteiger partial charge in [-0.1, -0.05) is 6.92 Å². The monoisotopic (exact) mass is 282 g/mol. The molecule has 0 saturated heterocycles. The number of carboxylic acids is 1. The molecule has 6 nitrogen and oxygen atoms in total. The summed E-state index contributed by atoms with van der Waals surface area (Å²) in [6.07, 6.45) is -1.47. The van der Waals surface area contributed by atoms with Gasteiger partial charge in [-0.15, -0.1) is 0 Å². The lowest BCUT2D eigenvalue weighted by molar-refractivity contribution is -0.141. The number of urea groups is 1. The summed E-state index contributed by atoms with van der Waals surface area (Å²) in [5.41, 5.74) is 0. The number of amides is 2. The highest BCUT2D eigenvalue weighted by molar-refractivity contribution is 5.73. The number of carbonyl (C=O) groups is 2. The maximum Gasteiger partial charge on any atom is 0.314 e. The average Bonchev–Trinajstić information content (AvgIpc) is 2.33. The SMILES string of the molecule is CC(CCCNC(=O)NCCOCC(F)F)C(=O)O. The van der Waals surface area contributed by atoms with Gasteiger partial charge in [0.25, 0.3) is 6.43 Å². The molecule has 19 heavy (non-hydrogen) atoms. The number of carboxylic acid groups (broad SMARTS) is 1. The van der Waals surface area contributed by atoms with Crippen LogP contribution >= 0.6 is 0 Å². The van der Waals surface area contributed by atoms with Gasteiger partial charge in [0.15, 0.2) is 0 Å². The van der Waals surface area contributed by atoms with Crippen molar-refractivity contribution in [1.29, 1.82) is 0 Å².